The minimum Gasteiger partial charge on any atom is -0.348 e. The number of hydrogen-bond acceptors (Lipinski definition) is 4. The molecule has 0 radical (unpaired) electrons. The highest BCUT2D eigenvalue weighted by Crippen LogP contribution is 2.07. The van der Waals surface area contributed by atoms with Gasteiger partial charge in [0.25, 0.3) is 0 Å². The third-order valence-corrected chi connectivity index (χ3v) is 2.84. The standard InChI is InChI=1S/C14H27N3O3/c1-10(2)12(16-11(19)7-6-8-18)13(20)17-14(3,4)9-15-5/h8,10,12,15H,6-7,9H2,1-5H3,(H,16,19)(H,17,20). The molecule has 0 heterocycles. The zero-order valence-corrected chi connectivity index (χ0v) is 13.1. The molecule has 0 spiro atoms. The van der Waals surface area contributed by atoms with Crippen molar-refractivity contribution >= 4 is 18.1 Å². The van der Waals surface area contributed by atoms with Gasteiger partial charge in [0.1, 0.15) is 12.3 Å². The van der Waals surface area contributed by atoms with Crippen LogP contribution in [0.25, 0.3) is 0 Å². The van der Waals surface area contributed by atoms with Crippen LogP contribution in [0.5, 0.6) is 0 Å². The van der Waals surface area contributed by atoms with Crippen LogP contribution in [0, 0.1) is 5.92 Å². The van der Waals surface area contributed by atoms with E-state index in [1.165, 1.54) is 0 Å². The van der Waals surface area contributed by atoms with Crippen LogP contribution in [0.15, 0.2) is 0 Å². The van der Waals surface area contributed by atoms with Gasteiger partial charge >= 0.3 is 0 Å². The van der Waals surface area contributed by atoms with Crippen LogP contribution in [0.3, 0.4) is 0 Å². The average molecular weight is 285 g/mol. The Bertz CT molecular complexity index is 341. The van der Waals surface area contributed by atoms with Crippen LogP contribution >= 0.6 is 0 Å². The summed E-state index contributed by atoms with van der Waals surface area (Å²) in [5.41, 5.74) is -0.396. The molecule has 3 N–H and O–H groups in total. The van der Waals surface area contributed by atoms with Gasteiger partial charge in [0.05, 0.1) is 0 Å². The largest absolute Gasteiger partial charge is 0.348 e. The van der Waals surface area contributed by atoms with Gasteiger partial charge in [-0.1, -0.05) is 13.8 Å². The predicted molar refractivity (Wildman–Crippen MR) is 78.2 cm³/mol. The maximum atomic E-state index is 12.3. The molecule has 0 aliphatic rings. The Kier molecular flexibility index (Phi) is 8.06. The van der Waals surface area contributed by atoms with Gasteiger partial charge in [-0.15, -0.1) is 0 Å². The van der Waals surface area contributed by atoms with Gasteiger partial charge in [0.2, 0.25) is 11.8 Å². The zero-order valence-electron chi connectivity index (χ0n) is 13.1. The molecule has 2 amide bonds. The minimum atomic E-state index is -0.592. The molecule has 0 fully saturated rings. The molecular formula is C14H27N3O3. The highest BCUT2D eigenvalue weighted by Gasteiger charge is 2.28. The molecule has 20 heavy (non-hydrogen) atoms. The highest BCUT2D eigenvalue weighted by atomic mass is 16.2. The van der Waals surface area contributed by atoms with Crippen LogP contribution in [0.2, 0.25) is 0 Å². The Morgan fingerprint density at radius 3 is 2.30 bits per heavy atom. The summed E-state index contributed by atoms with van der Waals surface area (Å²) in [6.45, 7) is 8.19. The van der Waals surface area contributed by atoms with Gasteiger partial charge in [-0.2, -0.15) is 0 Å². The molecule has 0 aromatic carbocycles. The maximum absolute atomic E-state index is 12.3. The molecule has 0 aromatic heterocycles. The summed E-state index contributed by atoms with van der Waals surface area (Å²) in [5.74, 6) is -0.516. The van der Waals surface area contributed by atoms with E-state index in [1.54, 1.807) is 0 Å². The Morgan fingerprint density at radius 1 is 1.25 bits per heavy atom. The fourth-order valence-corrected chi connectivity index (χ4v) is 1.87. The van der Waals surface area contributed by atoms with E-state index < -0.39 is 11.6 Å². The van der Waals surface area contributed by atoms with Crippen LogP contribution in [-0.4, -0.2) is 43.3 Å². The van der Waals surface area contributed by atoms with Crippen molar-refractivity contribution < 1.29 is 14.4 Å². The summed E-state index contributed by atoms with van der Waals surface area (Å²) in [6, 6.07) is -0.592. The van der Waals surface area contributed by atoms with Crippen LogP contribution in [-0.2, 0) is 14.4 Å². The van der Waals surface area contributed by atoms with Crippen molar-refractivity contribution in [2.24, 2.45) is 5.92 Å². The number of likely N-dealkylation sites (N-methyl/N-ethyl adjacent to an activating group) is 1. The van der Waals surface area contributed by atoms with E-state index in [9.17, 15) is 14.4 Å². The lowest BCUT2D eigenvalue weighted by atomic mass is 10.00. The number of rotatable bonds is 9. The van der Waals surface area contributed by atoms with Crippen molar-refractivity contribution in [2.45, 2.75) is 52.1 Å². The maximum Gasteiger partial charge on any atom is 0.243 e. The van der Waals surface area contributed by atoms with E-state index in [-0.39, 0.29) is 30.6 Å². The second-order valence-corrected chi connectivity index (χ2v) is 5.90. The first-order chi connectivity index (χ1) is 9.23. The fourth-order valence-electron chi connectivity index (χ4n) is 1.87. The van der Waals surface area contributed by atoms with Crippen molar-refractivity contribution in [1.82, 2.24) is 16.0 Å². The average Bonchev–Trinajstić information content (AvgIpc) is 2.31. The molecule has 0 aromatic rings. The van der Waals surface area contributed by atoms with Crippen molar-refractivity contribution in [3.63, 3.8) is 0 Å². The molecule has 116 valence electrons. The molecular weight excluding hydrogens is 258 g/mol. The second kappa shape index (κ2) is 8.68. The molecule has 0 rings (SSSR count). The minimum absolute atomic E-state index is 0.0273. The van der Waals surface area contributed by atoms with Crippen molar-refractivity contribution in [1.29, 1.82) is 0 Å². The van der Waals surface area contributed by atoms with E-state index in [2.05, 4.69) is 16.0 Å². The van der Waals surface area contributed by atoms with Gasteiger partial charge in [-0.25, -0.2) is 0 Å². The van der Waals surface area contributed by atoms with Crippen molar-refractivity contribution in [3.05, 3.63) is 0 Å². The third-order valence-electron chi connectivity index (χ3n) is 2.84. The quantitative estimate of drug-likeness (QED) is 0.529. The molecule has 6 heteroatoms. The van der Waals surface area contributed by atoms with E-state index in [0.717, 1.165) is 0 Å². The molecule has 6 nitrogen and oxygen atoms in total. The Hall–Kier alpha value is -1.43. The van der Waals surface area contributed by atoms with Gasteiger partial charge in [-0.3, -0.25) is 9.59 Å². The Balaban J connectivity index is 4.62. The second-order valence-electron chi connectivity index (χ2n) is 5.90. The van der Waals surface area contributed by atoms with E-state index in [0.29, 0.717) is 12.8 Å². The number of aldehydes is 1. The topological polar surface area (TPSA) is 87.3 Å². The Morgan fingerprint density at radius 2 is 1.85 bits per heavy atom. The number of hydrogen-bond donors (Lipinski definition) is 3. The van der Waals surface area contributed by atoms with Gasteiger partial charge < -0.3 is 20.7 Å². The monoisotopic (exact) mass is 285 g/mol. The summed E-state index contributed by atoms with van der Waals surface area (Å²) < 4.78 is 0. The summed E-state index contributed by atoms with van der Waals surface area (Å²) in [6.07, 6.45) is 0.976. The smallest absolute Gasteiger partial charge is 0.243 e. The summed E-state index contributed by atoms with van der Waals surface area (Å²) >= 11 is 0. The fraction of sp³-hybridized carbons (Fsp3) is 0.786. The van der Waals surface area contributed by atoms with Gasteiger partial charge in [0, 0.05) is 24.9 Å². The lowest BCUT2D eigenvalue weighted by molar-refractivity contribution is -0.131. The van der Waals surface area contributed by atoms with Crippen LogP contribution < -0.4 is 16.0 Å². The summed E-state index contributed by atoms with van der Waals surface area (Å²) in [7, 11) is 1.81. The number of nitrogens with one attached hydrogen (secondary N) is 3. The summed E-state index contributed by atoms with van der Waals surface area (Å²) in [5, 5.41) is 8.61. The third kappa shape index (κ3) is 7.23. The van der Waals surface area contributed by atoms with Crippen molar-refractivity contribution in [2.75, 3.05) is 13.6 Å². The van der Waals surface area contributed by atoms with Crippen LogP contribution in [0.4, 0.5) is 0 Å². The van der Waals surface area contributed by atoms with E-state index in [4.69, 9.17) is 0 Å². The molecule has 0 saturated carbocycles. The van der Waals surface area contributed by atoms with E-state index in [1.807, 2.05) is 34.7 Å². The Labute approximate surface area is 121 Å². The first kappa shape index (κ1) is 18.6. The molecule has 1 unspecified atom stereocenters. The number of amides is 2. The van der Waals surface area contributed by atoms with Gasteiger partial charge in [0.15, 0.2) is 0 Å². The first-order valence-corrected chi connectivity index (χ1v) is 6.93. The zero-order chi connectivity index (χ0) is 15.8. The first-order valence-electron chi connectivity index (χ1n) is 6.93. The molecule has 0 bridgehead atoms. The van der Waals surface area contributed by atoms with Crippen molar-refractivity contribution in [3.8, 4) is 0 Å². The normalized spacial score (nSPS) is 12.9. The highest BCUT2D eigenvalue weighted by molar-refractivity contribution is 5.88. The molecule has 0 saturated heterocycles. The lowest BCUT2D eigenvalue weighted by Crippen LogP contribution is -2.57. The summed E-state index contributed by atoms with van der Waals surface area (Å²) in [4.78, 5) is 34.2. The molecule has 0 aliphatic heterocycles. The number of carbonyl (C=O) groups is 3. The van der Waals surface area contributed by atoms with E-state index >= 15 is 0 Å². The molecule has 1 atom stereocenters. The molecule has 0 aliphatic carbocycles. The SMILES string of the molecule is CNCC(C)(C)NC(=O)C(NC(=O)CCC=O)C(C)C. The predicted octanol–water partition coefficient (Wildman–Crippen LogP) is 0.221. The van der Waals surface area contributed by atoms with Gasteiger partial charge in [-0.05, 0) is 26.8 Å². The van der Waals surface area contributed by atoms with Crippen LogP contribution in [0.1, 0.15) is 40.5 Å². The number of carbonyl (C=O) groups excluding carboxylic acids is 3. The lowest BCUT2D eigenvalue weighted by Gasteiger charge is -2.30.